The molecule has 0 atom stereocenters. The highest BCUT2D eigenvalue weighted by molar-refractivity contribution is 6.31. The number of methoxy groups -OCH3 is 2. The van der Waals surface area contributed by atoms with Crippen LogP contribution in [0, 0.1) is 0 Å². The van der Waals surface area contributed by atoms with Crippen molar-refractivity contribution in [3.05, 3.63) is 59.2 Å². The minimum Gasteiger partial charge on any atom is -0.497 e. The summed E-state index contributed by atoms with van der Waals surface area (Å²) in [6, 6.07) is 13.5. The molecule has 1 saturated carbocycles. The summed E-state index contributed by atoms with van der Waals surface area (Å²) in [5, 5.41) is 8.55. The van der Waals surface area contributed by atoms with Crippen LogP contribution in [0.1, 0.15) is 36.0 Å². The van der Waals surface area contributed by atoms with E-state index in [4.69, 9.17) is 21.1 Å². The Morgan fingerprint density at radius 2 is 1.65 bits per heavy atom. The van der Waals surface area contributed by atoms with Gasteiger partial charge in [-0.3, -0.25) is 9.78 Å². The number of benzene rings is 2. The van der Waals surface area contributed by atoms with Crippen LogP contribution in [0.5, 0.6) is 11.5 Å². The molecule has 0 bridgehead atoms. The lowest BCUT2D eigenvalue weighted by Gasteiger charge is -2.30. The van der Waals surface area contributed by atoms with Gasteiger partial charge in [0.2, 0.25) is 0 Å². The molecule has 0 unspecified atom stereocenters. The third-order valence-electron chi connectivity index (χ3n) is 5.74. The highest BCUT2D eigenvalue weighted by atomic mass is 35.5. The van der Waals surface area contributed by atoms with Gasteiger partial charge in [-0.1, -0.05) is 11.6 Å². The van der Waals surface area contributed by atoms with Gasteiger partial charge in [0, 0.05) is 46.0 Å². The van der Waals surface area contributed by atoms with Crippen molar-refractivity contribution in [3.63, 3.8) is 0 Å². The van der Waals surface area contributed by atoms with Gasteiger partial charge in [0.1, 0.15) is 11.5 Å². The van der Waals surface area contributed by atoms with E-state index < -0.39 is 0 Å². The van der Waals surface area contributed by atoms with Gasteiger partial charge in [-0.2, -0.15) is 0 Å². The molecule has 1 aromatic heterocycles. The van der Waals surface area contributed by atoms with E-state index in [9.17, 15) is 4.79 Å². The van der Waals surface area contributed by atoms with E-state index >= 15 is 0 Å². The first kappa shape index (κ1) is 21.2. The molecule has 0 radical (unpaired) electrons. The molecular weight excluding hydrogens is 414 g/mol. The molecule has 162 valence electrons. The van der Waals surface area contributed by atoms with Crippen molar-refractivity contribution in [1.29, 1.82) is 0 Å². The molecule has 2 N–H and O–H groups in total. The van der Waals surface area contributed by atoms with Crippen LogP contribution in [0.2, 0.25) is 5.02 Å². The van der Waals surface area contributed by atoms with Gasteiger partial charge in [0.05, 0.1) is 19.7 Å². The fourth-order valence-electron chi connectivity index (χ4n) is 4.06. The second-order valence-corrected chi connectivity index (χ2v) is 8.22. The van der Waals surface area contributed by atoms with Crippen LogP contribution >= 0.6 is 11.6 Å². The van der Waals surface area contributed by atoms with Crippen LogP contribution in [-0.2, 0) is 0 Å². The molecule has 2 aromatic carbocycles. The Kier molecular flexibility index (Phi) is 6.47. The van der Waals surface area contributed by atoms with Crippen molar-refractivity contribution < 1.29 is 14.3 Å². The standard InChI is InChI=1S/C24H26ClN3O3/c1-30-19-11-15(12-20(14-19)31-2)24(29)28-18-6-4-17(5-7-18)27-22-9-10-26-23-13-16(25)3-8-21(22)23/h3,8-14,17-18H,4-7H2,1-2H3,(H,26,27)(H,28,29)/t17-,18+. The summed E-state index contributed by atoms with van der Waals surface area (Å²) in [7, 11) is 3.15. The maximum absolute atomic E-state index is 12.7. The average Bonchev–Trinajstić information content (AvgIpc) is 2.79. The highest BCUT2D eigenvalue weighted by Crippen LogP contribution is 2.29. The summed E-state index contributed by atoms with van der Waals surface area (Å²) >= 11 is 6.09. The maximum atomic E-state index is 12.7. The molecule has 31 heavy (non-hydrogen) atoms. The second-order valence-electron chi connectivity index (χ2n) is 7.79. The normalized spacial score (nSPS) is 18.4. The maximum Gasteiger partial charge on any atom is 0.251 e. The van der Waals surface area contributed by atoms with Crippen molar-refractivity contribution in [2.75, 3.05) is 19.5 Å². The Hall–Kier alpha value is -2.99. The molecule has 3 aromatic rings. The molecule has 1 aliphatic carbocycles. The van der Waals surface area contributed by atoms with Crippen molar-refractivity contribution in [3.8, 4) is 11.5 Å². The van der Waals surface area contributed by atoms with Crippen LogP contribution in [-0.4, -0.2) is 37.2 Å². The zero-order valence-corrected chi connectivity index (χ0v) is 18.4. The molecule has 7 heteroatoms. The van der Waals surface area contributed by atoms with Crippen LogP contribution in [0.25, 0.3) is 10.9 Å². The number of fused-ring (bicyclic) bond motifs is 1. The van der Waals surface area contributed by atoms with E-state index in [0.29, 0.717) is 28.1 Å². The summed E-state index contributed by atoms with van der Waals surface area (Å²) in [5.41, 5.74) is 2.49. The van der Waals surface area contributed by atoms with E-state index in [1.807, 2.05) is 24.3 Å². The smallest absolute Gasteiger partial charge is 0.251 e. The molecule has 1 amide bonds. The number of anilines is 1. The third kappa shape index (κ3) is 5.02. The first-order chi connectivity index (χ1) is 15.1. The van der Waals surface area contributed by atoms with Crippen molar-refractivity contribution in [1.82, 2.24) is 10.3 Å². The Morgan fingerprint density at radius 3 is 2.32 bits per heavy atom. The molecule has 4 rings (SSSR count). The molecule has 1 heterocycles. The third-order valence-corrected chi connectivity index (χ3v) is 5.98. The van der Waals surface area contributed by atoms with E-state index in [2.05, 4.69) is 15.6 Å². The van der Waals surface area contributed by atoms with Crippen molar-refractivity contribution >= 4 is 34.1 Å². The summed E-state index contributed by atoms with van der Waals surface area (Å²) in [6.07, 6.45) is 5.58. The lowest BCUT2D eigenvalue weighted by atomic mass is 9.90. The van der Waals surface area contributed by atoms with Gasteiger partial charge < -0.3 is 20.1 Å². The first-order valence-electron chi connectivity index (χ1n) is 10.4. The molecule has 0 saturated heterocycles. The molecule has 0 aliphatic heterocycles. The Balaban J connectivity index is 1.36. The summed E-state index contributed by atoms with van der Waals surface area (Å²) < 4.78 is 10.5. The van der Waals surface area contributed by atoms with Crippen molar-refractivity contribution in [2.24, 2.45) is 0 Å². The quantitative estimate of drug-likeness (QED) is 0.561. The largest absolute Gasteiger partial charge is 0.497 e. The van der Waals surface area contributed by atoms with Crippen molar-refractivity contribution in [2.45, 2.75) is 37.8 Å². The number of amides is 1. The lowest BCUT2D eigenvalue weighted by Crippen LogP contribution is -2.40. The fraction of sp³-hybridized carbons (Fsp3) is 0.333. The Morgan fingerprint density at radius 1 is 0.968 bits per heavy atom. The van der Waals surface area contributed by atoms with Gasteiger partial charge >= 0.3 is 0 Å². The number of nitrogens with zero attached hydrogens (tertiary/aromatic N) is 1. The van der Waals surface area contributed by atoms with Crippen LogP contribution in [0.3, 0.4) is 0 Å². The predicted octanol–water partition coefficient (Wildman–Crippen LogP) is 5.06. The summed E-state index contributed by atoms with van der Waals surface area (Å²) in [5.74, 6) is 1.09. The first-order valence-corrected chi connectivity index (χ1v) is 10.8. The predicted molar refractivity (Wildman–Crippen MR) is 123 cm³/mol. The zero-order chi connectivity index (χ0) is 21.8. The monoisotopic (exact) mass is 439 g/mol. The number of nitrogens with one attached hydrogen (secondary N) is 2. The second kappa shape index (κ2) is 9.43. The molecule has 6 nitrogen and oxygen atoms in total. The van der Waals surface area contributed by atoms with E-state index in [1.165, 1.54) is 0 Å². The van der Waals surface area contributed by atoms with Crippen LogP contribution < -0.4 is 20.1 Å². The Labute approximate surface area is 186 Å². The van der Waals surface area contributed by atoms with E-state index in [-0.39, 0.29) is 11.9 Å². The molecule has 1 aliphatic rings. The number of hydrogen-bond acceptors (Lipinski definition) is 5. The molecule has 0 spiro atoms. The number of rotatable bonds is 6. The number of carbonyl (C=O) groups is 1. The molecule has 1 fully saturated rings. The van der Waals surface area contributed by atoms with Gasteiger partial charge in [-0.15, -0.1) is 0 Å². The number of hydrogen-bond donors (Lipinski definition) is 2. The van der Waals surface area contributed by atoms with Crippen LogP contribution in [0.4, 0.5) is 5.69 Å². The molecular formula is C24H26ClN3O3. The van der Waals surface area contributed by atoms with Crippen LogP contribution in [0.15, 0.2) is 48.7 Å². The minimum atomic E-state index is -0.106. The number of carbonyl (C=O) groups excluding carboxylic acids is 1. The number of pyridine rings is 1. The van der Waals surface area contributed by atoms with Gasteiger partial charge in [-0.25, -0.2) is 0 Å². The number of ether oxygens (including phenoxy) is 2. The van der Waals surface area contributed by atoms with Gasteiger partial charge in [0.15, 0.2) is 0 Å². The zero-order valence-electron chi connectivity index (χ0n) is 17.7. The topological polar surface area (TPSA) is 72.5 Å². The fourth-order valence-corrected chi connectivity index (χ4v) is 4.22. The highest BCUT2D eigenvalue weighted by Gasteiger charge is 2.23. The average molecular weight is 440 g/mol. The van der Waals surface area contributed by atoms with Gasteiger partial charge in [-0.05, 0) is 62.1 Å². The lowest BCUT2D eigenvalue weighted by molar-refractivity contribution is 0.0926. The number of halogens is 1. The SMILES string of the molecule is COc1cc(OC)cc(C(=O)N[C@H]2CC[C@@H](Nc3ccnc4cc(Cl)ccc34)CC2)c1. The Bertz CT molecular complexity index is 1060. The summed E-state index contributed by atoms with van der Waals surface area (Å²) in [6.45, 7) is 0. The summed E-state index contributed by atoms with van der Waals surface area (Å²) in [4.78, 5) is 17.1. The van der Waals surface area contributed by atoms with E-state index in [1.54, 1.807) is 38.6 Å². The van der Waals surface area contributed by atoms with E-state index in [0.717, 1.165) is 42.3 Å². The minimum absolute atomic E-state index is 0.106. The van der Waals surface area contributed by atoms with Gasteiger partial charge in [0.25, 0.3) is 5.91 Å². The number of aromatic nitrogens is 1.